The lowest BCUT2D eigenvalue weighted by atomic mass is 10.0. The average molecular weight is 437 g/mol. The number of hydrogen-bond acceptors (Lipinski definition) is 3. The highest BCUT2D eigenvalue weighted by Crippen LogP contribution is 2.29. The van der Waals surface area contributed by atoms with E-state index in [1.54, 1.807) is 0 Å². The van der Waals surface area contributed by atoms with E-state index in [1.807, 2.05) is 50.2 Å². The summed E-state index contributed by atoms with van der Waals surface area (Å²) in [5.41, 5.74) is 3.15. The number of aryl methyl sites for hydroxylation is 2. The largest absolute Gasteiger partial charge is 0.483 e. The highest BCUT2D eigenvalue weighted by Gasteiger charge is 2.24. The number of amides is 1. The quantitative estimate of drug-likeness (QED) is 0.655. The maximum Gasteiger partial charge on any atom is 0.258 e. The predicted octanol–water partition coefficient (Wildman–Crippen LogP) is 5.10. The van der Waals surface area contributed by atoms with Crippen molar-refractivity contribution in [3.05, 3.63) is 64.2 Å². The molecule has 0 aliphatic carbocycles. The van der Waals surface area contributed by atoms with E-state index in [9.17, 15) is 4.79 Å². The number of carbonyl (C=O) groups excluding carboxylic acids is 1. The molecule has 2 aromatic carbocycles. The fourth-order valence-corrected chi connectivity index (χ4v) is 4.10. The van der Waals surface area contributed by atoms with Gasteiger partial charge in [-0.3, -0.25) is 9.69 Å². The van der Waals surface area contributed by atoms with Gasteiger partial charge in [0.15, 0.2) is 6.61 Å². The molecule has 3 rings (SSSR count). The maximum absolute atomic E-state index is 12.5. The number of nitrogens with zero attached hydrogens (tertiary/aromatic N) is 1. The standard InChI is InChI=1S/C23H29ClN2O2.ClH/c1-17-9-8-10-18(2)23(17)28-16-22(27)25-15-21(26-13-6-3-7-14-26)19-11-4-5-12-20(19)24;/h4-5,8-12,21H,3,6-7,13-16H2,1-2H3,(H,25,27);1H. The van der Waals surface area contributed by atoms with Crippen LogP contribution in [0.1, 0.15) is 42.0 Å². The number of piperidine rings is 1. The van der Waals surface area contributed by atoms with Crippen LogP contribution in [0, 0.1) is 13.8 Å². The number of hydrogen-bond donors (Lipinski definition) is 1. The molecule has 158 valence electrons. The lowest BCUT2D eigenvalue weighted by molar-refractivity contribution is -0.123. The van der Waals surface area contributed by atoms with Gasteiger partial charge in [-0.05, 0) is 62.5 Å². The third kappa shape index (κ3) is 6.36. The molecular weight excluding hydrogens is 407 g/mol. The minimum absolute atomic E-state index is 0. The predicted molar refractivity (Wildman–Crippen MR) is 121 cm³/mol. The molecule has 1 unspecified atom stereocenters. The summed E-state index contributed by atoms with van der Waals surface area (Å²) in [7, 11) is 0. The Labute approximate surface area is 185 Å². The number of para-hydroxylation sites is 1. The average Bonchev–Trinajstić information content (AvgIpc) is 2.70. The Bertz CT molecular complexity index is 787. The van der Waals surface area contributed by atoms with Gasteiger partial charge in [0.05, 0.1) is 6.04 Å². The van der Waals surface area contributed by atoms with E-state index in [0.717, 1.165) is 40.6 Å². The van der Waals surface area contributed by atoms with Gasteiger partial charge in [-0.2, -0.15) is 0 Å². The zero-order chi connectivity index (χ0) is 19.9. The van der Waals surface area contributed by atoms with Crippen LogP contribution in [0.4, 0.5) is 0 Å². The summed E-state index contributed by atoms with van der Waals surface area (Å²) >= 11 is 6.47. The number of nitrogens with one attached hydrogen (secondary N) is 1. The molecule has 1 fully saturated rings. The molecule has 4 nitrogen and oxygen atoms in total. The van der Waals surface area contributed by atoms with Gasteiger partial charge in [0, 0.05) is 11.6 Å². The third-order valence-corrected chi connectivity index (χ3v) is 5.69. The van der Waals surface area contributed by atoms with Crippen LogP contribution in [0.3, 0.4) is 0 Å². The smallest absolute Gasteiger partial charge is 0.258 e. The Morgan fingerprint density at radius 2 is 1.72 bits per heavy atom. The Morgan fingerprint density at radius 3 is 2.38 bits per heavy atom. The highest BCUT2D eigenvalue weighted by atomic mass is 35.5. The zero-order valence-electron chi connectivity index (χ0n) is 17.1. The Kier molecular flexibility index (Phi) is 9.28. The Morgan fingerprint density at radius 1 is 1.07 bits per heavy atom. The molecule has 0 spiro atoms. The molecule has 1 N–H and O–H groups in total. The summed E-state index contributed by atoms with van der Waals surface area (Å²) in [6, 6.07) is 14.0. The van der Waals surface area contributed by atoms with Gasteiger partial charge in [0.2, 0.25) is 0 Å². The molecule has 0 bridgehead atoms. The SMILES string of the molecule is Cc1cccc(C)c1OCC(=O)NCC(c1ccccc1Cl)N1CCCCC1.Cl. The molecule has 2 aromatic rings. The van der Waals surface area contributed by atoms with Crippen LogP contribution in [-0.4, -0.2) is 37.0 Å². The minimum Gasteiger partial charge on any atom is -0.483 e. The summed E-state index contributed by atoms with van der Waals surface area (Å²) in [6.45, 7) is 6.59. The monoisotopic (exact) mass is 436 g/mol. The fourth-order valence-electron chi connectivity index (χ4n) is 3.84. The van der Waals surface area contributed by atoms with Gasteiger partial charge in [0.25, 0.3) is 5.91 Å². The lowest BCUT2D eigenvalue weighted by Gasteiger charge is -2.35. The number of ether oxygens (including phenoxy) is 1. The van der Waals surface area contributed by atoms with Crippen molar-refractivity contribution in [2.75, 3.05) is 26.2 Å². The normalized spacial score (nSPS) is 15.3. The van der Waals surface area contributed by atoms with Gasteiger partial charge in [-0.1, -0.05) is 54.4 Å². The highest BCUT2D eigenvalue weighted by molar-refractivity contribution is 6.31. The second-order valence-corrected chi connectivity index (χ2v) is 7.85. The van der Waals surface area contributed by atoms with E-state index >= 15 is 0 Å². The van der Waals surface area contributed by atoms with Gasteiger partial charge < -0.3 is 10.1 Å². The van der Waals surface area contributed by atoms with Crippen LogP contribution in [0.2, 0.25) is 5.02 Å². The fraction of sp³-hybridized carbons (Fsp3) is 0.435. The van der Waals surface area contributed by atoms with Crippen LogP contribution < -0.4 is 10.1 Å². The topological polar surface area (TPSA) is 41.6 Å². The van der Waals surface area contributed by atoms with Gasteiger partial charge in [-0.15, -0.1) is 12.4 Å². The molecule has 1 aliphatic rings. The van der Waals surface area contributed by atoms with Crippen LogP contribution in [0.25, 0.3) is 0 Å². The van der Waals surface area contributed by atoms with E-state index in [4.69, 9.17) is 16.3 Å². The molecule has 1 atom stereocenters. The number of rotatable bonds is 7. The van der Waals surface area contributed by atoms with E-state index in [0.29, 0.717) is 6.54 Å². The van der Waals surface area contributed by atoms with Crippen molar-refractivity contribution >= 4 is 29.9 Å². The van der Waals surface area contributed by atoms with Gasteiger partial charge >= 0.3 is 0 Å². The summed E-state index contributed by atoms with van der Waals surface area (Å²) in [4.78, 5) is 14.9. The maximum atomic E-state index is 12.5. The van der Waals surface area contributed by atoms with E-state index < -0.39 is 0 Å². The first-order valence-corrected chi connectivity index (χ1v) is 10.4. The van der Waals surface area contributed by atoms with Crippen molar-refractivity contribution in [3.8, 4) is 5.75 Å². The number of halogens is 2. The molecule has 6 heteroatoms. The molecule has 0 saturated carbocycles. The number of likely N-dealkylation sites (tertiary alicyclic amines) is 1. The first-order chi connectivity index (χ1) is 13.6. The summed E-state index contributed by atoms with van der Waals surface area (Å²) < 4.78 is 5.78. The molecule has 0 aromatic heterocycles. The second kappa shape index (κ2) is 11.4. The van der Waals surface area contributed by atoms with Crippen LogP contribution >= 0.6 is 24.0 Å². The first kappa shape index (κ1) is 23.5. The van der Waals surface area contributed by atoms with Gasteiger partial charge in [-0.25, -0.2) is 0 Å². The molecule has 0 radical (unpaired) electrons. The molecule has 1 aliphatic heterocycles. The molecule has 1 saturated heterocycles. The van der Waals surface area contributed by atoms with Crippen molar-refractivity contribution < 1.29 is 9.53 Å². The second-order valence-electron chi connectivity index (χ2n) is 7.45. The van der Waals surface area contributed by atoms with E-state index in [2.05, 4.69) is 16.3 Å². The number of carbonyl (C=O) groups is 1. The summed E-state index contributed by atoms with van der Waals surface area (Å²) in [5, 5.41) is 3.80. The van der Waals surface area contributed by atoms with E-state index in [-0.39, 0.29) is 31.0 Å². The Hall–Kier alpha value is -1.75. The third-order valence-electron chi connectivity index (χ3n) is 5.34. The summed E-state index contributed by atoms with van der Waals surface area (Å²) in [6.07, 6.45) is 3.64. The first-order valence-electron chi connectivity index (χ1n) is 10.0. The van der Waals surface area contributed by atoms with Gasteiger partial charge in [0.1, 0.15) is 5.75 Å². The van der Waals surface area contributed by atoms with E-state index in [1.165, 1.54) is 19.3 Å². The van der Waals surface area contributed by atoms with Crippen LogP contribution in [0.15, 0.2) is 42.5 Å². The molecule has 29 heavy (non-hydrogen) atoms. The molecule has 1 heterocycles. The molecule has 1 amide bonds. The molecular formula is C23H30Cl2N2O2. The van der Waals surface area contributed by atoms with Crippen molar-refractivity contribution in [2.24, 2.45) is 0 Å². The number of benzene rings is 2. The van der Waals surface area contributed by atoms with Crippen molar-refractivity contribution in [1.29, 1.82) is 0 Å². The zero-order valence-corrected chi connectivity index (χ0v) is 18.7. The van der Waals surface area contributed by atoms with Crippen molar-refractivity contribution in [1.82, 2.24) is 10.2 Å². The minimum atomic E-state index is -0.114. The summed E-state index contributed by atoms with van der Waals surface area (Å²) in [5.74, 6) is 0.674. The van der Waals surface area contributed by atoms with Crippen LogP contribution in [0.5, 0.6) is 5.75 Å². The van der Waals surface area contributed by atoms with Crippen LogP contribution in [-0.2, 0) is 4.79 Å². The lowest BCUT2D eigenvalue weighted by Crippen LogP contribution is -2.41. The van der Waals surface area contributed by atoms with Crippen molar-refractivity contribution in [2.45, 2.75) is 39.2 Å². The Balaban J connectivity index is 0.00000300. The van der Waals surface area contributed by atoms with Crippen molar-refractivity contribution in [3.63, 3.8) is 0 Å².